The molecule has 0 aliphatic heterocycles. The topological polar surface area (TPSA) is 51.2 Å². The van der Waals surface area contributed by atoms with Gasteiger partial charge in [-0.2, -0.15) is 0 Å². The zero-order valence-corrected chi connectivity index (χ0v) is 9.21. The van der Waals surface area contributed by atoms with Gasteiger partial charge in [-0.25, -0.2) is 0 Å². The molecule has 5 heteroatoms. The fourth-order valence-corrected chi connectivity index (χ4v) is 0. The summed E-state index contributed by atoms with van der Waals surface area (Å²) >= 11 is -4.47. The van der Waals surface area contributed by atoms with E-state index in [-0.39, 0.29) is 40.8 Å². The fraction of sp³-hybridized carbons (Fsp3) is 0. The first-order chi connectivity index (χ1) is 1.73. The monoisotopic (exact) mass is 331 g/mol. The van der Waals surface area contributed by atoms with E-state index in [1.54, 1.807) is 0 Å². The first-order valence-electron chi connectivity index (χ1n) is 0.707. The Bertz CT molecular complexity index is 76.3. The fourth-order valence-electron chi connectivity index (χ4n) is 0. The van der Waals surface area contributed by atoms with Crippen molar-refractivity contribution in [2.75, 3.05) is 0 Å². The molecule has 0 radical (unpaired) electrons. The predicted molar refractivity (Wildman–Crippen MR) is 2.06 cm³/mol. The molecule has 0 amide bonds. The normalized spacial score (nSPS) is 3.00. The molecule has 0 aromatic heterocycles. The Morgan fingerprint density at radius 1 is 1.00 bits per heavy atom. The van der Waals surface area contributed by atoms with Crippen molar-refractivity contribution in [1.82, 2.24) is 0 Å². The third-order valence-electron chi connectivity index (χ3n) is 0. The molecular formula is NdO3Pr. The third kappa shape index (κ3) is 23.2. The Morgan fingerprint density at radius 2 is 1.00 bits per heavy atom. The second-order valence-corrected chi connectivity index (χ2v) is 2.14. The maximum atomic E-state index is 8.64. The Hall–Kier alpha value is 2.11. The van der Waals surface area contributed by atoms with E-state index < -0.39 is 35.4 Å². The van der Waals surface area contributed by atoms with Crippen LogP contribution in [0.2, 0.25) is 0 Å². The van der Waals surface area contributed by atoms with Crippen LogP contribution in [0.4, 0.5) is 0 Å². The van der Waals surface area contributed by atoms with Crippen LogP contribution in [0, 0.1) is 76.3 Å². The van der Waals surface area contributed by atoms with E-state index in [0.29, 0.717) is 0 Å². The number of rotatable bonds is 0. The Balaban J connectivity index is 0. The van der Waals surface area contributed by atoms with Gasteiger partial charge in [0.25, 0.3) is 0 Å². The van der Waals surface area contributed by atoms with Gasteiger partial charge in [-0.1, -0.05) is 0 Å². The minimum atomic E-state index is -4.47. The van der Waals surface area contributed by atoms with E-state index in [1.165, 1.54) is 0 Å². The van der Waals surface area contributed by atoms with Gasteiger partial charge < -0.3 is 0 Å². The summed E-state index contributed by atoms with van der Waals surface area (Å²) < 4.78 is 25.9. The third-order valence-corrected chi connectivity index (χ3v) is 0. The SMILES string of the molecule is [Nd].[O]=[Pr](=[O])=[O]. The molecule has 0 aromatic rings. The molecule has 3 nitrogen and oxygen atoms in total. The molecule has 0 heterocycles. The Morgan fingerprint density at radius 3 is 1.00 bits per heavy atom. The summed E-state index contributed by atoms with van der Waals surface area (Å²) in [5.41, 5.74) is 0. The number of hydrogen-bond donors (Lipinski definition) is 0. The van der Waals surface area contributed by atoms with Crippen LogP contribution >= 0.6 is 0 Å². The van der Waals surface area contributed by atoms with E-state index >= 15 is 0 Å². The van der Waals surface area contributed by atoms with Crippen LogP contribution in [0.1, 0.15) is 0 Å². The second kappa shape index (κ2) is 6.11. The van der Waals surface area contributed by atoms with Crippen LogP contribution in [0.5, 0.6) is 0 Å². The van der Waals surface area contributed by atoms with Crippen molar-refractivity contribution in [1.29, 1.82) is 0 Å². The van der Waals surface area contributed by atoms with Gasteiger partial charge in [0.1, 0.15) is 0 Å². The van der Waals surface area contributed by atoms with Gasteiger partial charge in [0.15, 0.2) is 0 Å². The van der Waals surface area contributed by atoms with Gasteiger partial charge >= 0.3 is 38.4 Å². The van der Waals surface area contributed by atoms with Gasteiger partial charge in [-0.15, -0.1) is 0 Å². The molecule has 0 saturated heterocycles. The first-order valence-corrected chi connectivity index (χ1v) is 5.24. The standard InChI is InChI=1S/Nd.3O.Pr. The zero-order valence-electron chi connectivity index (χ0n) is 2.30. The molecule has 0 atom stereocenters. The van der Waals surface area contributed by atoms with Crippen molar-refractivity contribution < 1.29 is 79.2 Å². The predicted octanol–water partition coefficient (Wildman–Crippen LogP) is -0.356. The van der Waals surface area contributed by atoms with Crippen LogP contribution in [-0.4, -0.2) is 0 Å². The van der Waals surface area contributed by atoms with Gasteiger partial charge in [-0.3, -0.25) is 0 Å². The van der Waals surface area contributed by atoms with Crippen molar-refractivity contribution in [3.8, 4) is 0 Å². The van der Waals surface area contributed by atoms with Crippen molar-refractivity contribution in [2.45, 2.75) is 0 Å². The van der Waals surface area contributed by atoms with E-state index in [9.17, 15) is 0 Å². The van der Waals surface area contributed by atoms with E-state index in [0.717, 1.165) is 0 Å². The summed E-state index contributed by atoms with van der Waals surface area (Å²) in [5, 5.41) is 0. The average molecular weight is 333 g/mol. The maximum absolute atomic E-state index is 8.64. The molecule has 0 aromatic carbocycles. The quantitative estimate of drug-likeness (QED) is 0.609. The van der Waals surface area contributed by atoms with Crippen molar-refractivity contribution in [3.63, 3.8) is 0 Å². The minimum absolute atomic E-state index is 0. The summed E-state index contributed by atoms with van der Waals surface area (Å²) in [7, 11) is 0. The molecule has 0 unspecified atom stereocenters. The molecule has 0 N–H and O–H groups in total. The molecule has 0 spiro atoms. The molecule has 0 fully saturated rings. The van der Waals surface area contributed by atoms with Gasteiger partial charge in [0, 0.05) is 40.8 Å². The average Bonchev–Trinajstić information content (AvgIpc) is 0.811. The molecule has 0 saturated carbocycles. The van der Waals surface area contributed by atoms with Crippen LogP contribution in [0.25, 0.3) is 0 Å². The molecule has 0 aliphatic rings. The molecule has 5 heavy (non-hydrogen) atoms. The van der Waals surface area contributed by atoms with Crippen molar-refractivity contribution in [2.24, 2.45) is 0 Å². The van der Waals surface area contributed by atoms with Crippen LogP contribution < -0.4 is 0 Å². The molecule has 0 aliphatic carbocycles. The van der Waals surface area contributed by atoms with Crippen molar-refractivity contribution in [3.05, 3.63) is 0 Å². The second-order valence-electron chi connectivity index (χ2n) is 0.289. The molecule has 25 valence electrons. The van der Waals surface area contributed by atoms with Crippen LogP contribution in [-0.2, 0) is 2.98 Å². The van der Waals surface area contributed by atoms with Crippen LogP contribution in [0.15, 0.2) is 0 Å². The summed E-state index contributed by atoms with van der Waals surface area (Å²) in [6.45, 7) is 0. The van der Waals surface area contributed by atoms with Gasteiger partial charge in [0.2, 0.25) is 0 Å². The Labute approximate surface area is 77.0 Å². The molecule has 0 bridgehead atoms. The zero-order chi connectivity index (χ0) is 3.58. The van der Waals surface area contributed by atoms with Gasteiger partial charge in [-0.05, 0) is 0 Å². The molecule has 0 rings (SSSR count). The Kier molecular flexibility index (Phi) is 12.4. The van der Waals surface area contributed by atoms with Gasteiger partial charge in [0.05, 0.1) is 0 Å². The summed E-state index contributed by atoms with van der Waals surface area (Å²) in [6.07, 6.45) is 0. The van der Waals surface area contributed by atoms with E-state index in [2.05, 4.69) is 0 Å². The van der Waals surface area contributed by atoms with Crippen molar-refractivity contribution >= 4 is 0 Å². The van der Waals surface area contributed by atoms with E-state index in [1.807, 2.05) is 0 Å². The first kappa shape index (κ1) is 10.2. The summed E-state index contributed by atoms with van der Waals surface area (Å²) in [5.74, 6) is 0. The van der Waals surface area contributed by atoms with E-state index in [4.69, 9.17) is 2.98 Å². The van der Waals surface area contributed by atoms with Crippen LogP contribution in [0.3, 0.4) is 0 Å². The number of hydrogen-bond acceptors (Lipinski definition) is 3. The summed E-state index contributed by atoms with van der Waals surface area (Å²) in [6, 6.07) is 0. The molecular weight excluding hydrogens is 333 g/mol. The summed E-state index contributed by atoms with van der Waals surface area (Å²) in [4.78, 5) is 0.